The van der Waals surface area contributed by atoms with Gasteiger partial charge in [0, 0.05) is 11.1 Å². The third-order valence-electron chi connectivity index (χ3n) is 3.90. The van der Waals surface area contributed by atoms with Gasteiger partial charge in [-0.05, 0) is 42.5 Å². The molecule has 0 saturated carbocycles. The van der Waals surface area contributed by atoms with Gasteiger partial charge in [0.25, 0.3) is 0 Å². The van der Waals surface area contributed by atoms with Crippen LogP contribution in [0.1, 0.15) is 5.56 Å². The van der Waals surface area contributed by atoms with Crippen LogP contribution in [0.3, 0.4) is 0 Å². The Morgan fingerprint density at radius 3 is 2.68 bits per heavy atom. The molecular weight excluding hydrogens is 322 g/mol. The predicted molar refractivity (Wildman–Crippen MR) is 92.2 cm³/mol. The number of ether oxygens (including phenoxy) is 1. The highest BCUT2D eigenvalue weighted by molar-refractivity contribution is 5.79. The van der Waals surface area contributed by atoms with Crippen LogP contribution in [0.25, 0.3) is 22.4 Å². The molecule has 0 saturated heterocycles. The molecule has 5 heteroatoms. The summed E-state index contributed by atoms with van der Waals surface area (Å²) < 4.78 is 32.5. The van der Waals surface area contributed by atoms with E-state index >= 15 is 0 Å². The number of hydrogen-bond donors (Lipinski definition) is 1. The molecule has 0 amide bonds. The van der Waals surface area contributed by atoms with Crippen molar-refractivity contribution in [1.29, 1.82) is 0 Å². The number of aromatic amines is 1. The van der Waals surface area contributed by atoms with Crippen LogP contribution < -0.4 is 4.74 Å². The largest absolute Gasteiger partial charge is 0.489 e. The van der Waals surface area contributed by atoms with Crippen LogP contribution in [0.15, 0.2) is 66.7 Å². The molecule has 0 aliphatic heterocycles. The van der Waals surface area contributed by atoms with Crippen LogP contribution in [0.5, 0.6) is 5.75 Å². The average molecular weight is 336 g/mol. The number of H-pyrrole nitrogens is 1. The summed E-state index contributed by atoms with van der Waals surface area (Å²) in [5.74, 6) is 0.302. The number of halogens is 2. The van der Waals surface area contributed by atoms with E-state index in [4.69, 9.17) is 4.74 Å². The summed E-state index contributed by atoms with van der Waals surface area (Å²) in [4.78, 5) is 7.80. The maximum Gasteiger partial charge on any atom is 0.138 e. The molecule has 1 heterocycles. The number of imidazole rings is 1. The van der Waals surface area contributed by atoms with Crippen molar-refractivity contribution in [2.75, 3.05) is 0 Å². The fourth-order valence-electron chi connectivity index (χ4n) is 2.64. The van der Waals surface area contributed by atoms with E-state index in [-0.39, 0.29) is 12.2 Å². The Morgan fingerprint density at radius 2 is 1.80 bits per heavy atom. The molecule has 0 bridgehead atoms. The zero-order valence-electron chi connectivity index (χ0n) is 13.2. The fourth-order valence-corrected chi connectivity index (χ4v) is 2.64. The minimum absolute atomic E-state index is 0.0484. The highest BCUT2D eigenvalue weighted by Crippen LogP contribution is 2.25. The van der Waals surface area contributed by atoms with Crippen LogP contribution >= 0.6 is 0 Å². The van der Waals surface area contributed by atoms with Gasteiger partial charge in [-0.2, -0.15) is 0 Å². The van der Waals surface area contributed by atoms with Crippen molar-refractivity contribution >= 4 is 11.0 Å². The molecule has 1 aromatic heterocycles. The number of benzene rings is 3. The van der Waals surface area contributed by atoms with Crippen molar-refractivity contribution < 1.29 is 13.5 Å². The van der Waals surface area contributed by atoms with E-state index in [1.54, 1.807) is 6.07 Å². The third kappa shape index (κ3) is 3.21. The molecule has 0 aliphatic carbocycles. The second kappa shape index (κ2) is 6.36. The van der Waals surface area contributed by atoms with Gasteiger partial charge in [0.05, 0.1) is 11.0 Å². The average Bonchev–Trinajstić information content (AvgIpc) is 3.07. The van der Waals surface area contributed by atoms with E-state index in [1.807, 2.05) is 42.5 Å². The van der Waals surface area contributed by atoms with Crippen LogP contribution in [0, 0.1) is 11.6 Å². The maximum atomic E-state index is 13.7. The van der Waals surface area contributed by atoms with Crippen LogP contribution in [-0.2, 0) is 6.61 Å². The van der Waals surface area contributed by atoms with Crippen molar-refractivity contribution in [1.82, 2.24) is 9.97 Å². The highest BCUT2D eigenvalue weighted by atomic mass is 19.1. The van der Waals surface area contributed by atoms with Gasteiger partial charge < -0.3 is 9.72 Å². The quantitative estimate of drug-likeness (QED) is 0.564. The Labute approximate surface area is 142 Å². The molecule has 3 nitrogen and oxygen atoms in total. The van der Waals surface area contributed by atoms with Crippen molar-refractivity contribution in [2.24, 2.45) is 0 Å². The lowest BCUT2D eigenvalue weighted by atomic mass is 10.2. The van der Waals surface area contributed by atoms with Gasteiger partial charge in [-0.3, -0.25) is 0 Å². The topological polar surface area (TPSA) is 37.9 Å². The summed E-state index contributed by atoms with van der Waals surface area (Å²) >= 11 is 0. The second-order valence-corrected chi connectivity index (χ2v) is 5.65. The van der Waals surface area contributed by atoms with Crippen LogP contribution in [0.4, 0.5) is 8.78 Å². The third-order valence-corrected chi connectivity index (χ3v) is 3.90. The van der Waals surface area contributed by atoms with E-state index in [0.29, 0.717) is 5.75 Å². The SMILES string of the molecule is Fc1ccc(F)c(COc2cccc(-c3nc4ccccc4[nH]3)c2)c1. The van der Waals surface area contributed by atoms with Gasteiger partial charge in [0.2, 0.25) is 0 Å². The summed E-state index contributed by atoms with van der Waals surface area (Å²) in [6.45, 7) is -0.0484. The number of nitrogens with zero attached hydrogens (tertiary/aromatic N) is 1. The normalized spacial score (nSPS) is 11.0. The lowest BCUT2D eigenvalue weighted by Gasteiger charge is -2.08. The lowest BCUT2D eigenvalue weighted by molar-refractivity contribution is 0.299. The Bertz CT molecular complexity index is 1010. The number of aromatic nitrogens is 2. The molecule has 0 fully saturated rings. The molecular formula is C20H14F2N2O. The molecule has 25 heavy (non-hydrogen) atoms. The maximum absolute atomic E-state index is 13.7. The van der Waals surface area contributed by atoms with Gasteiger partial charge >= 0.3 is 0 Å². The van der Waals surface area contributed by atoms with Crippen molar-refractivity contribution in [3.8, 4) is 17.1 Å². The minimum atomic E-state index is -0.491. The molecule has 4 aromatic rings. The molecule has 3 aromatic carbocycles. The van der Waals surface area contributed by atoms with Gasteiger partial charge in [0.15, 0.2) is 0 Å². The molecule has 0 radical (unpaired) electrons. The van der Waals surface area contributed by atoms with E-state index in [0.717, 1.165) is 40.6 Å². The Balaban J connectivity index is 1.58. The van der Waals surface area contributed by atoms with Gasteiger partial charge in [-0.1, -0.05) is 24.3 Å². The first-order valence-electron chi connectivity index (χ1n) is 7.81. The zero-order valence-corrected chi connectivity index (χ0v) is 13.2. The summed E-state index contributed by atoms with van der Waals surface area (Å²) in [7, 11) is 0. The Morgan fingerprint density at radius 1 is 0.920 bits per heavy atom. The number of para-hydroxylation sites is 2. The Kier molecular flexibility index (Phi) is 3.90. The van der Waals surface area contributed by atoms with E-state index in [2.05, 4.69) is 9.97 Å². The van der Waals surface area contributed by atoms with Gasteiger partial charge in [-0.15, -0.1) is 0 Å². The molecule has 1 N–H and O–H groups in total. The summed E-state index contributed by atoms with van der Waals surface area (Å²) in [6, 6.07) is 18.4. The zero-order chi connectivity index (χ0) is 17.2. The standard InChI is InChI=1S/C20H14F2N2O/c21-15-8-9-17(22)14(10-15)12-25-16-5-3-4-13(11-16)20-23-18-6-1-2-7-19(18)24-20/h1-11H,12H2,(H,23,24). The Hall–Kier alpha value is -3.21. The first-order chi connectivity index (χ1) is 12.2. The monoisotopic (exact) mass is 336 g/mol. The molecule has 4 rings (SSSR count). The summed E-state index contributed by atoms with van der Waals surface area (Å²) in [6.07, 6.45) is 0. The predicted octanol–water partition coefficient (Wildman–Crippen LogP) is 5.09. The first kappa shape index (κ1) is 15.3. The van der Waals surface area contributed by atoms with Crippen molar-refractivity contribution in [3.05, 3.63) is 83.9 Å². The minimum Gasteiger partial charge on any atom is -0.489 e. The highest BCUT2D eigenvalue weighted by Gasteiger charge is 2.08. The van der Waals surface area contributed by atoms with Crippen LogP contribution in [-0.4, -0.2) is 9.97 Å². The van der Waals surface area contributed by atoms with Gasteiger partial charge in [0.1, 0.15) is 29.8 Å². The van der Waals surface area contributed by atoms with Crippen LogP contribution in [0.2, 0.25) is 0 Å². The lowest BCUT2D eigenvalue weighted by Crippen LogP contribution is -1.99. The van der Waals surface area contributed by atoms with E-state index in [9.17, 15) is 8.78 Å². The first-order valence-corrected chi connectivity index (χ1v) is 7.81. The summed E-state index contributed by atoms with van der Waals surface area (Å²) in [5, 5.41) is 0. The number of rotatable bonds is 4. The molecule has 0 unspecified atom stereocenters. The van der Waals surface area contributed by atoms with E-state index in [1.165, 1.54) is 0 Å². The second-order valence-electron chi connectivity index (χ2n) is 5.65. The number of fused-ring (bicyclic) bond motifs is 1. The molecule has 0 atom stereocenters. The summed E-state index contributed by atoms with van der Waals surface area (Å²) in [5.41, 5.74) is 2.86. The smallest absolute Gasteiger partial charge is 0.138 e. The molecule has 124 valence electrons. The van der Waals surface area contributed by atoms with Gasteiger partial charge in [-0.25, -0.2) is 13.8 Å². The van der Waals surface area contributed by atoms with E-state index < -0.39 is 11.6 Å². The number of hydrogen-bond acceptors (Lipinski definition) is 2. The fraction of sp³-hybridized carbons (Fsp3) is 0.0500. The number of nitrogens with one attached hydrogen (secondary N) is 1. The van der Waals surface area contributed by atoms with Crippen molar-refractivity contribution in [3.63, 3.8) is 0 Å². The molecule has 0 spiro atoms. The molecule has 0 aliphatic rings. The van der Waals surface area contributed by atoms with Crippen molar-refractivity contribution in [2.45, 2.75) is 6.61 Å².